The second-order valence-electron chi connectivity index (χ2n) is 4.87. The molecule has 0 amide bonds. The van der Waals surface area contributed by atoms with Crippen molar-refractivity contribution in [3.8, 4) is 0 Å². The molecule has 0 unspecified atom stereocenters. The summed E-state index contributed by atoms with van der Waals surface area (Å²) < 4.78 is 2.10. The maximum Gasteiger partial charge on any atom is 0.152 e. The molecule has 0 aliphatic carbocycles. The topological polar surface area (TPSA) is 58.9 Å². The number of nitrogens with zero attached hydrogens (tertiary/aromatic N) is 5. The largest absolute Gasteiger partial charge is 0.347 e. The van der Waals surface area contributed by atoms with Crippen LogP contribution in [0.4, 0.5) is 5.82 Å². The first-order chi connectivity index (χ1) is 9.26. The summed E-state index contributed by atoms with van der Waals surface area (Å²) in [6.07, 6.45) is 1.79. The minimum Gasteiger partial charge on any atom is -0.347 e. The van der Waals surface area contributed by atoms with Crippen molar-refractivity contribution in [2.45, 2.75) is 26.6 Å². The molecule has 0 radical (unpaired) electrons. The van der Waals surface area contributed by atoms with E-state index in [-0.39, 0.29) is 0 Å². The van der Waals surface area contributed by atoms with Crippen molar-refractivity contribution >= 4 is 5.82 Å². The van der Waals surface area contributed by atoms with Gasteiger partial charge in [-0.1, -0.05) is 0 Å². The Morgan fingerprint density at radius 1 is 1.32 bits per heavy atom. The van der Waals surface area contributed by atoms with Gasteiger partial charge in [-0.2, -0.15) is 0 Å². The molecule has 2 aromatic heterocycles. The number of nitrogens with one attached hydrogen (secondary N) is 1. The summed E-state index contributed by atoms with van der Waals surface area (Å²) in [5.41, 5.74) is 2.31. The normalized spacial score (nSPS) is 14.5. The van der Waals surface area contributed by atoms with Gasteiger partial charge in [0.25, 0.3) is 0 Å². The summed E-state index contributed by atoms with van der Waals surface area (Å²) >= 11 is 0. The van der Waals surface area contributed by atoms with Crippen LogP contribution >= 0.6 is 0 Å². The Morgan fingerprint density at radius 2 is 2.21 bits per heavy atom. The Bertz CT molecular complexity index is 576. The van der Waals surface area contributed by atoms with Crippen molar-refractivity contribution in [2.24, 2.45) is 0 Å². The molecule has 0 saturated heterocycles. The summed E-state index contributed by atoms with van der Waals surface area (Å²) in [4.78, 5) is 6.90. The van der Waals surface area contributed by atoms with E-state index in [1.54, 1.807) is 6.33 Å². The molecule has 0 bridgehead atoms. The van der Waals surface area contributed by atoms with E-state index in [0.29, 0.717) is 0 Å². The van der Waals surface area contributed by atoms with Gasteiger partial charge in [-0.05, 0) is 31.7 Å². The van der Waals surface area contributed by atoms with E-state index in [1.807, 2.05) is 14.0 Å². The minimum atomic E-state index is 0.773. The zero-order valence-corrected chi connectivity index (χ0v) is 11.3. The van der Waals surface area contributed by atoms with Crippen LogP contribution in [0.2, 0.25) is 0 Å². The third-order valence-electron chi connectivity index (χ3n) is 3.34. The Morgan fingerprint density at radius 3 is 3.05 bits per heavy atom. The molecule has 1 aliphatic rings. The summed E-state index contributed by atoms with van der Waals surface area (Å²) in [6.45, 7) is 5.53. The molecule has 2 aromatic rings. The van der Waals surface area contributed by atoms with Crippen molar-refractivity contribution in [1.82, 2.24) is 25.1 Å². The maximum atomic E-state index is 4.64. The molecule has 6 heteroatoms. The van der Waals surface area contributed by atoms with Gasteiger partial charge in [-0.25, -0.2) is 4.98 Å². The second-order valence-corrected chi connectivity index (χ2v) is 4.87. The molecule has 3 heterocycles. The Balaban J connectivity index is 1.87. The number of aryl methyl sites for hydroxylation is 1. The average molecular weight is 258 g/mol. The summed E-state index contributed by atoms with van der Waals surface area (Å²) in [5.74, 6) is 2.03. The zero-order chi connectivity index (χ0) is 13.2. The zero-order valence-electron chi connectivity index (χ0n) is 11.3. The molecule has 1 aliphatic heterocycles. The van der Waals surface area contributed by atoms with Gasteiger partial charge in [0.15, 0.2) is 5.82 Å². The first kappa shape index (κ1) is 12.1. The van der Waals surface area contributed by atoms with Crippen LogP contribution in [0.1, 0.15) is 17.1 Å². The van der Waals surface area contributed by atoms with Gasteiger partial charge in [-0.15, -0.1) is 10.2 Å². The fourth-order valence-electron chi connectivity index (χ4n) is 2.45. The monoisotopic (exact) mass is 258 g/mol. The standard InChI is InChI=1S/C13H18N6/c1-10-5-11(7-14-2)6-12(16-10)18-3-4-19-9-15-17-13(19)8-18/h5-6,9,14H,3-4,7-8H2,1-2H3. The van der Waals surface area contributed by atoms with Crippen LogP contribution < -0.4 is 10.2 Å². The molecule has 19 heavy (non-hydrogen) atoms. The highest BCUT2D eigenvalue weighted by molar-refractivity contribution is 5.43. The second kappa shape index (κ2) is 4.97. The third kappa shape index (κ3) is 2.44. The van der Waals surface area contributed by atoms with E-state index < -0.39 is 0 Å². The third-order valence-corrected chi connectivity index (χ3v) is 3.34. The summed E-state index contributed by atoms with van der Waals surface area (Å²) in [6, 6.07) is 4.27. The quantitative estimate of drug-likeness (QED) is 0.879. The molecule has 0 saturated carbocycles. The lowest BCUT2D eigenvalue weighted by Crippen LogP contribution is -2.34. The van der Waals surface area contributed by atoms with Gasteiger partial charge in [0.05, 0.1) is 6.54 Å². The molecule has 3 rings (SSSR count). The van der Waals surface area contributed by atoms with Crippen LogP contribution in [-0.4, -0.2) is 33.3 Å². The van der Waals surface area contributed by atoms with E-state index in [0.717, 1.165) is 43.5 Å². The number of hydrogen-bond donors (Lipinski definition) is 1. The molecule has 1 N–H and O–H groups in total. The highest BCUT2D eigenvalue weighted by Gasteiger charge is 2.19. The molecule has 0 spiro atoms. The van der Waals surface area contributed by atoms with Crippen LogP contribution in [0.5, 0.6) is 0 Å². The Labute approximate surface area is 112 Å². The van der Waals surface area contributed by atoms with Gasteiger partial charge in [0, 0.05) is 25.3 Å². The first-order valence-corrected chi connectivity index (χ1v) is 6.50. The lowest BCUT2D eigenvalue weighted by molar-refractivity contribution is 0.555. The van der Waals surface area contributed by atoms with Gasteiger partial charge in [-0.3, -0.25) is 0 Å². The summed E-state index contributed by atoms with van der Waals surface area (Å²) in [7, 11) is 1.96. The molecule has 6 nitrogen and oxygen atoms in total. The van der Waals surface area contributed by atoms with E-state index in [1.165, 1.54) is 5.56 Å². The SMILES string of the molecule is CNCc1cc(C)nc(N2CCn3cnnc3C2)c1. The highest BCUT2D eigenvalue weighted by atomic mass is 15.3. The van der Waals surface area contributed by atoms with Gasteiger partial charge in [0.2, 0.25) is 0 Å². The molecule has 0 atom stereocenters. The van der Waals surface area contributed by atoms with Crippen molar-refractivity contribution < 1.29 is 0 Å². The first-order valence-electron chi connectivity index (χ1n) is 6.50. The van der Waals surface area contributed by atoms with Crippen LogP contribution in [0.15, 0.2) is 18.5 Å². The average Bonchev–Trinajstić information content (AvgIpc) is 2.85. The summed E-state index contributed by atoms with van der Waals surface area (Å²) in [5, 5.41) is 11.3. The fraction of sp³-hybridized carbons (Fsp3) is 0.462. The Kier molecular flexibility index (Phi) is 3.16. The highest BCUT2D eigenvalue weighted by Crippen LogP contribution is 2.19. The van der Waals surface area contributed by atoms with Gasteiger partial charge < -0.3 is 14.8 Å². The lowest BCUT2D eigenvalue weighted by Gasteiger charge is -2.28. The Hall–Kier alpha value is -1.95. The minimum absolute atomic E-state index is 0.773. The van der Waals surface area contributed by atoms with E-state index >= 15 is 0 Å². The fourth-order valence-corrected chi connectivity index (χ4v) is 2.45. The predicted molar refractivity (Wildman–Crippen MR) is 72.8 cm³/mol. The predicted octanol–water partition coefficient (Wildman–Crippen LogP) is 0.721. The molecule has 100 valence electrons. The van der Waals surface area contributed by atoms with Crippen molar-refractivity contribution in [1.29, 1.82) is 0 Å². The van der Waals surface area contributed by atoms with Gasteiger partial charge >= 0.3 is 0 Å². The smallest absolute Gasteiger partial charge is 0.152 e. The molecular weight excluding hydrogens is 240 g/mol. The van der Waals surface area contributed by atoms with Crippen molar-refractivity contribution in [3.05, 3.63) is 35.5 Å². The van der Waals surface area contributed by atoms with E-state index in [9.17, 15) is 0 Å². The van der Waals surface area contributed by atoms with Crippen LogP contribution in [-0.2, 0) is 19.6 Å². The van der Waals surface area contributed by atoms with Crippen LogP contribution in [0.3, 0.4) is 0 Å². The molecular formula is C13H18N6. The van der Waals surface area contributed by atoms with Crippen molar-refractivity contribution in [3.63, 3.8) is 0 Å². The molecule has 0 aromatic carbocycles. The number of rotatable bonds is 3. The number of fused-ring (bicyclic) bond motifs is 1. The van der Waals surface area contributed by atoms with E-state index in [2.05, 4.69) is 42.1 Å². The number of aromatic nitrogens is 4. The molecule has 0 fully saturated rings. The van der Waals surface area contributed by atoms with E-state index in [4.69, 9.17) is 0 Å². The lowest BCUT2D eigenvalue weighted by atomic mass is 10.2. The van der Waals surface area contributed by atoms with Crippen molar-refractivity contribution in [2.75, 3.05) is 18.5 Å². The number of anilines is 1. The van der Waals surface area contributed by atoms with Crippen LogP contribution in [0, 0.1) is 6.92 Å². The number of hydrogen-bond acceptors (Lipinski definition) is 5. The maximum absolute atomic E-state index is 4.64. The van der Waals surface area contributed by atoms with Crippen LogP contribution in [0.25, 0.3) is 0 Å². The number of pyridine rings is 1. The van der Waals surface area contributed by atoms with Gasteiger partial charge in [0.1, 0.15) is 12.1 Å².